The van der Waals surface area contributed by atoms with Crippen LogP contribution in [0.3, 0.4) is 0 Å². The Morgan fingerprint density at radius 1 is 0.643 bits per heavy atom. The lowest BCUT2D eigenvalue weighted by Gasteiger charge is -2.08. The van der Waals surface area contributed by atoms with Crippen molar-refractivity contribution in [1.82, 2.24) is 0 Å². The van der Waals surface area contributed by atoms with E-state index in [4.69, 9.17) is 14.2 Å². The molecule has 0 aromatic heterocycles. The quantitative estimate of drug-likeness (QED) is 0.484. The topological polar surface area (TPSA) is 27.7 Å². The summed E-state index contributed by atoms with van der Waals surface area (Å²) >= 11 is 0. The first-order chi connectivity index (χ1) is 13.5. The fourth-order valence-corrected chi connectivity index (χ4v) is 2.82. The Hall–Kier alpha value is -2.94. The van der Waals surface area contributed by atoms with Crippen LogP contribution in [-0.4, -0.2) is 6.79 Å². The normalized spacial score (nSPS) is 11.9. The molecule has 0 saturated carbocycles. The van der Waals surface area contributed by atoms with Crippen LogP contribution in [0, 0.1) is 0 Å². The number of para-hydroxylation sites is 1. The minimum atomic E-state index is 0.358. The van der Waals surface area contributed by atoms with Crippen molar-refractivity contribution >= 4 is 0 Å². The highest BCUT2D eigenvalue weighted by molar-refractivity contribution is 5.45. The summed E-state index contributed by atoms with van der Waals surface area (Å²) in [6.07, 6.45) is 0. The SMILES string of the molecule is CC(C)c1ccc(Oc2ccccc2)cc1.CC(C)c1ccc2c(c1)OCO2. The zero-order chi connectivity index (χ0) is 19.9. The second-order valence-corrected chi connectivity index (χ2v) is 7.41. The van der Waals surface area contributed by atoms with Gasteiger partial charge in [0.25, 0.3) is 0 Å². The minimum absolute atomic E-state index is 0.358. The van der Waals surface area contributed by atoms with Crippen molar-refractivity contribution in [2.24, 2.45) is 0 Å². The van der Waals surface area contributed by atoms with Gasteiger partial charge >= 0.3 is 0 Å². The van der Waals surface area contributed by atoms with Crippen molar-refractivity contribution in [2.45, 2.75) is 39.5 Å². The van der Waals surface area contributed by atoms with Crippen molar-refractivity contribution in [3.05, 3.63) is 83.9 Å². The lowest BCUT2D eigenvalue weighted by molar-refractivity contribution is 0.174. The number of benzene rings is 3. The van der Waals surface area contributed by atoms with Crippen LogP contribution in [0.2, 0.25) is 0 Å². The lowest BCUT2D eigenvalue weighted by atomic mass is 10.0. The maximum Gasteiger partial charge on any atom is 0.231 e. The van der Waals surface area contributed by atoms with Gasteiger partial charge in [-0.1, -0.05) is 64.1 Å². The van der Waals surface area contributed by atoms with E-state index in [9.17, 15) is 0 Å². The number of hydrogen-bond donors (Lipinski definition) is 0. The number of ether oxygens (including phenoxy) is 3. The molecule has 3 nitrogen and oxygen atoms in total. The van der Waals surface area contributed by atoms with E-state index in [1.165, 1.54) is 11.1 Å². The lowest BCUT2D eigenvalue weighted by Crippen LogP contribution is -1.93. The average Bonchev–Trinajstić information content (AvgIpc) is 3.17. The number of fused-ring (bicyclic) bond motifs is 1. The molecule has 0 bridgehead atoms. The molecule has 1 aliphatic heterocycles. The van der Waals surface area contributed by atoms with Gasteiger partial charge in [0.05, 0.1) is 0 Å². The van der Waals surface area contributed by atoms with Gasteiger partial charge in [-0.25, -0.2) is 0 Å². The summed E-state index contributed by atoms with van der Waals surface area (Å²) in [5.41, 5.74) is 2.62. The minimum Gasteiger partial charge on any atom is -0.457 e. The van der Waals surface area contributed by atoms with Crippen molar-refractivity contribution in [3.8, 4) is 23.0 Å². The Labute approximate surface area is 167 Å². The maximum atomic E-state index is 5.71. The molecule has 0 atom stereocenters. The van der Waals surface area contributed by atoms with Gasteiger partial charge < -0.3 is 14.2 Å². The van der Waals surface area contributed by atoms with Gasteiger partial charge in [-0.3, -0.25) is 0 Å². The van der Waals surface area contributed by atoms with Crippen molar-refractivity contribution in [2.75, 3.05) is 6.79 Å². The summed E-state index contributed by atoms with van der Waals surface area (Å²) in [6.45, 7) is 9.06. The van der Waals surface area contributed by atoms with Crippen molar-refractivity contribution < 1.29 is 14.2 Å². The molecule has 3 aromatic rings. The van der Waals surface area contributed by atoms with Crippen LogP contribution in [0.5, 0.6) is 23.0 Å². The van der Waals surface area contributed by atoms with Gasteiger partial charge in [-0.2, -0.15) is 0 Å². The zero-order valence-corrected chi connectivity index (χ0v) is 17.0. The van der Waals surface area contributed by atoms with Gasteiger partial charge in [0.2, 0.25) is 6.79 Å². The maximum absolute atomic E-state index is 5.71. The van der Waals surface area contributed by atoms with E-state index in [-0.39, 0.29) is 0 Å². The molecule has 0 amide bonds. The third-order valence-corrected chi connectivity index (χ3v) is 4.59. The van der Waals surface area contributed by atoms with Gasteiger partial charge in [-0.05, 0) is 59.4 Å². The molecule has 146 valence electrons. The molecule has 3 aromatic carbocycles. The second kappa shape index (κ2) is 9.32. The summed E-state index contributed by atoms with van der Waals surface area (Å²) in [7, 11) is 0. The van der Waals surface area contributed by atoms with E-state index in [1.807, 2.05) is 54.6 Å². The van der Waals surface area contributed by atoms with Gasteiger partial charge in [0, 0.05) is 0 Å². The van der Waals surface area contributed by atoms with Gasteiger partial charge in [0.15, 0.2) is 11.5 Å². The molecule has 0 radical (unpaired) electrons. The van der Waals surface area contributed by atoms with E-state index < -0.39 is 0 Å². The molecule has 0 spiro atoms. The Bertz CT molecular complexity index is 868. The fraction of sp³-hybridized carbons (Fsp3) is 0.280. The molecular formula is C25H28O3. The highest BCUT2D eigenvalue weighted by Gasteiger charge is 2.13. The monoisotopic (exact) mass is 376 g/mol. The summed E-state index contributed by atoms with van der Waals surface area (Å²) in [6, 6.07) is 24.2. The predicted octanol–water partition coefficient (Wildman–Crippen LogP) is 7.14. The average molecular weight is 376 g/mol. The standard InChI is InChI=1S/C15H16O.C10H12O2/c1-12(2)13-8-10-15(11-9-13)16-14-6-4-3-5-7-14;1-7(2)8-3-4-9-10(5-8)12-6-11-9/h3-12H,1-2H3;3-5,7H,6H2,1-2H3. The Balaban J connectivity index is 0.000000167. The summed E-state index contributed by atoms with van der Waals surface area (Å²) in [5, 5.41) is 0. The smallest absolute Gasteiger partial charge is 0.231 e. The van der Waals surface area contributed by atoms with E-state index in [0.29, 0.717) is 18.6 Å². The van der Waals surface area contributed by atoms with Crippen LogP contribution in [0.25, 0.3) is 0 Å². The summed E-state index contributed by atoms with van der Waals surface area (Å²) < 4.78 is 16.2. The summed E-state index contributed by atoms with van der Waals surface area (Å²) in [5.74, 6) is 4.60. The van der Waals surface area contributed by atoms with Crippen LogP contribution in [0.15, 0.2) is 72.8 Å². The Morgan fingerprint density at radius 2 is 1.21 bits per heavy atom. The van der Waals surface area contributed by atoms with Crippen LogP contribution in [0.4, 0.5) is 0 Å². The van der Waals surface area contributed by atoms with E-state index >= 15 is 0 Å². The van der Waals surface area contributed by atoms with E-state index in [2.05, 4.69) is 45.9 Å². The van der Waals surface area contributed by atoms with Gasteiger partial charge in [-0.15, -0.1) is 0 Å². The molecule has 3 heteroatoms. The van der Waals surface area contributed by atoms with Crippen LogP contribution in [0.1, 0.15) is 50.7 Å². The number of hydrogen-bond acceptors (Lipinski definition) is 3. The van der Waals surface area contributed by atoms with Gasteiger partial charge in [0.1, 0.15) is 11.5 Å². The van der Waals surface area contributed by atoms with E-state index in [0.717, 1.165) is 23.0 Å². The molecule has 0 fully saturated rings. The molecule has 0 saturated heterocycles. The van der Waals surface area contributed by atoms with E-state index in [1.54, 1.807) is 0 Å². The largest absolute Gasteiger partial charge is 0.457 e. The second-order valence-electron chi connectivity index (χ2n) is 7.41. The zero-order valence-electron chi connectivity index (χ0n) is 17.0. The third kappa shape index (κ3) is 5.29. The van der Waals surface area contributed by atoms with Crippen molar-refractivity contribution in [1.29, 1.82) is 0 Å². The Morgan fingerprint density at radius 3 is 1.86 bits per heavy atom. The molecule has 28 heavy (non-hydrogen) atoms. The van der Waals surface area contributed by atoms with Crippen molar-refractivity contribution in [3.63, 3.8) is 0 Å². The molecule has 0 N–H and O–H groups in total. The van der Waals surface area contributed by atoms with Crippen LogP contribution < -0.4 is 14.2 Å². The van der Waals surface area contributed by atoms with Crippen LogP contribution >= 0.6 is 0 Å². The highest BCUT2D eigenvalue weighted by atomic mass is 16.7. The molecule has 1 heterocycles. The first-order valence-corrected chi connectivity index (χ1v) is 9.75. The fourth-order valence-electron chi connectivity index (χ4n) is 2.82. The highest BCUT2D eigenvalue weighted by Crippen LogP contribution is 2.34. The predicted molar refractivity (Wildman–Crippen MR) is 114 cm³/mol. The number of rotatable bonds is 4. The van der Waals surface area contributed by atoms with Crippen LogP contribution in [-0.2, 0) is 0 Å². The Kier molecular flexibility index (Phi) is 6.59. The molecule has 4 rings (SSSR count). The molecule has 0 unspecified atom stereocenters. The third-order valence-electron chi connectivity index (χ3n) is 4.59. The first-order valence-electron chi connectivity index (χ1n) is 9.75. The summed E-state index contributed by atoms with van der Waals surface area (Å²) in [4.78, 5) is 0. The molecule has 1 aliphatic rings. The molecular weight excluding hydrogens is 348 g/mol. The molecule has 0 aliphatic carbocycles. The first kappa shape index (κ1) is 19.8.